The molecule has 1 unspecified atom stereocenters. The summed E-state index contributed by atoms with van der Waals surface area (Å²) in [5.74, 6) is 0.460. The van der Waals surface area contributed by atoms with Gasteiger partial charge in [-0.1, -0.05) is 13.8 Å². The van der Waals surface area contributed by atoms with Gasteiger partial charge in [-0.05, 0) is 37.8 Å². The van der Waals surface area contributed by atoms with E-state index in [1.165, 1.54) is 0 Å². The Bertz CT molecular complexity index is 575. The maximum Gasteiger partial charge on any atom is 0.242 e. The summed E-state index contributed by atoms with van der Waals surface area (Å²) in [6.07, 6.45) is 2.81. The van der Waals surface area contributed by atoms with Gasteiger partial charge in [-0.25, -0.2) is 13.1 Å². The first-order valence-electron chi connectivity index (χ1n) is 7.13. The van der Waals surface area contributed by atoms with E-state index in [4.69, 9.17) is 0 Å². The SMILES string of the molecule is CCn1cc(S(=O)(=O)NCC2CC2(C)C)cc1CNC. The summed E-state index contributed by atoms with van der Waals surface area (Å²) in [6, 6.07) is 1.75. The Hall–Kier alpha value is -0.850. The van der Waals surface area contributed by atoms with Gasteiger partial charge in [0.25, 0.3) is 0 Å². The molecule has 1 aliphatic carbocycles. The molecule has 1 aromatic heterocycles. The van der Waals surface area contributed by atoms with E-state index in [2.05, 4.69) is 23.9 Å². The number of aryl methyl sites for hydroxylation is 1. The van der Waals surface area contributed by atoms with Crippen LogP contribution in [0.25, 0.3) is 0 Å². The van der Waals surface area contributed by atoms with E-state index in [1.54, 1.807) is 12.3 Å². The Morgan fingerprint density at radius 3 is 2.60 bits per heavy atom. The Kier molecular flexibility index (Phi) is 4.27. The molecule has 114 valence electrons. The lowest BCUT2D eigenvalue weighted by molar-refractivity contribution is 0.537. The lowest BCUT2D eigenvalue weighted by atomic mass is 10.1. The van der Waals surface area contributed by atoms with Crippen molar-refractivity contribution in [2.75, 3.05) is 13.6 Å². The van der Waals surface area contributed by atoms with Crippen molar-refractivity contribution in [2.24, 2.45) is 11.3 Å². The largest absolute Gasteiger partial charge is 0.349 e. The number of hydrogen-bond donors (Lipinski definition) is 2. The van der Waals surface area contributed by atoms with Crippen molar-refractivity contribution in [3.8, 4) is 0 Å². The highest BCUT2D eigenvalue weighted by Crippen LogP contribution is 2.51. The maximum atomic E-state index is 12.3. The number of hydrogen-bond acceptors (Lipinski definition) is 3. The number of rotatable bonds is 7. The molecule has 5 nitrogen and oxygen atoms in total. The molecule has 6 heteroatoms. The predicted molar refractivity (Wildman–Crippen MR) is 79.9 cm³/mol. The summed E-state index contributed by atoms with van der Waals surface area (Å²) in [5.41, 5.74) is 1.27. The number of nitrogens with one attached hydrogen (secondary N) is 2. The minimum absolute atomic E-state index is 0.287. The zero-order chi connectivity index (χ0) is 15.0. The fourth-order valence-corrected chi connectivity index (χ4v) is 3.66. The summed E-state index contributed by atoms with van der Waals surface area (Å²) >= 11 is 0. The minimum atomic E-state index is -3.39. The molecule has 20 heavy (non-hydrogen) atoms. The van der Waals surface area contributed by atoms with E-state index < -0.39 is 10.0 Å². The van der Waals surface area contributed by atoms with Crippen LogP contribution in [0, 0.1) is 11.3 Å². The number of nitrogens with zero attached hydrogens (tertiary/aromatic N) is 1. The molecule has 0 spiro atoms. The Morgan fingerprint density at radius 2 is 2.10 bits per heavy atom. The molecule has 1 fully saturated rings. The molecule has 0 bridgehead atoms. The first kappa shape index (κ1) is 15.5. The molecule has 1 heterocycles. The van der Waals surface area contributed by atoms with E-state index in [0.717, 1.165) is 18.7 Å². The van der Waals surface area contributed by atoms with Crippen LogP contribution in [0.1, 0.15) is 32.9 Å². The molecule has 2 N–H and O–H groups in total. The number of sulfonamides is 1. The molecule has 0 amide bonds. The predicted octanol–water partition coefficient (Wildman–Crippen LogP) is 1.55. The van der Waals surface area contributed by atoms with Gasteiger partial charge in [0.1, 0.15) is 0 Å². The fourth-order valence-electron chi connectivity index (χ4n) is 2.51. The molecular weight excluding hydrogens is 274 g/mol. The first-order valence-corrected chi connectivity index (χ1v) is 8.62. The van der Waals surface area contributed by atoms with Gasteiger partial charge < -0.3 is 9.88 Å². The monoisotopic (exact) mass is 299 g/mol. The van der Waals surface area contributed by atoms with Crippen LogP contribution < -0.4 is 10.0 Å². The minimum Gasteiger partial charge on any atom is -0.349 e. The van der Waals surface area contributed by atoms with Gasteiger partial charge in [-0.3, -0.25) is 0 Å². The topological polar surface area (TPSA) is 63.1 Å². The fraction of sp³-hybridized carbons (Fsp3) is 0.714. The molecule has 0 saturated heterocycles. The van der Waals surface area contributed by atoms with Gasteiger partial charge in [-0.15, -0.1) is 0 Å². The molecule has 1 saturated carbocycles. The van der Waals surface area contributed by atoms with Crippen molar-refractivity contribution in [3.63, 3.8) is 0 Å². The van der Waals surface area contributed by atoms with Crippen molar-refractivity contribution in [1.82, 2.24) is 14.6 Å². The molecule has 0 radical (unpaired) electrons. The third-order valence-corrected chi connectivity index (χ3v) is 5.60. The standard InChI is InChI=1S/C14H25N3O2S/c1-5-17-10-13(6-12(17)9-15-4)20(18,19)16-8-11-7-14(11,2)3/h6,10-11,15-16H,5,7-9H2,1-4H3. The Morgan fingerprint density at radius 1 is 1.45 bits per heavy atom. The van der Waals surface area contributed by atoms with Crippen molar-refractivity contribution in [1.29, 1.82) is 0 Å². The van der Waals surface area contributed by atoms with Crippen LogP contribution in [0.2, 0.25) is 0 Å². The average molecular weight is 299 g/mol. The Balaban J connectivity index is 2.09. The molecule has 0 aliphatic heterocycles. The van der Waals surface area contributed by atoms with Crippen LogP contribution in [0.4, 0.5) is 0 Å². The quantitative estimate of drug-likeness (QED) is 0.803. The Labute approximate surface area is 121 Å². The van der Waals surface area contributed by atoms with Crippen molar-refractivity contribution < 1.29 is 8.42 Å². The summed E-state index contributed by atoms with van der Waals surface area (Å²) in [7, 11) is -1.54. The molecule has 0 aromatic carbocycles. The molecule has 1 atom stereocenters. The summed E-state index contributed by atoms with van der Waals surface area (Å²) in [6.45, 7) is 8.32. The summed E-state index contributed by atoms with van der Waals surface area (Å²) < 4.78 is 29.3. The van der Waals surface area contributed by atoms with Crippen molar-refractivity contribution in [3.05, 3.63) is 18.0 Å². The maximum absolute atomic E-state index is 12.3. The third kappa shape index (κ3) is 3.24. The molecule has 2 rings (SSSR count). The van der Waals surface area contributed by atoms with Gasteiger partial charge in [0, 0.05) is 31.5 Å². The van der Waals surface area contributed by atoms with Gasteiger partial charge >= 0.3 is 0 Å². The smallest absolute Gasteiger partial charge is 0.242 e. The lowest BCUT2D eigenvalue weighted by Gasteiger charge is -2.06. The van der Waals surface area contributed by atoms with Crippen LogP contribution in [-0.4, -0.2) is 26.6 Å². The van der Waals surface area contributed by atoms with E-state index in [-0.39, 0.29) is 5.41 Å². The molecular formula is C14H25N3O2S. The number of aromatic nitrogens is 1. The zero-order valence-electron chi connectivity index (χ0n) is 12.7. The first-order chi connectivity index (χ1) is 9.30. The second-order valence-corrected chi connectivity index (χ2v) is 7.99. The van der Waals surface area contributed by atoms with Crippen LogP contribution in [-0.2, 0) is 23.1 Å². The zero-order valence-corrected chi connectivity index (χ0v) is 13.5. The summed E-state index contributed by atoms with van der Waals surface area (Å²) in [4.78, 5) is 0.364. The second-order valence-electron chi connectivity index (χ2n) is 6.23. The highest BCUT2D eigenvalue weighted by atomic mass is 32.2. The van der Waals surface area contributed by atoms with Crippen LogP contribution in [0.3, 0.4) is 0 Å². The van der Waals surface area contributed by atoms with Crippen LogP contribution in [0.15, 0.2) is 17.2 Å². The van der Waals surface area contributed by atoms with Gasteiger partial charge in [0.15, 0.2) is 0 Å². The van der Waals surface area contributed by atoms with E-state index in [1.807, 2.05) is 18.5 Å². The normalized spacial score (nSPS) is 21.1. The molecule has 1 aromatic rings. The van der Waals surface area contributed by atoms with E-state index in [0.29, 0.717) is 23.9 Å². The van der Waals surface area contributed by atoms with Crippen LogP contribution >= 0.6 is 0 Å². The summed E-state index contributed by atoms with van der Waals surface area (Å²) in [5, 5.41) is 3.06. The van der Waals surface area contributed by atoms with E-state index in [9.17, 15) is 8.42 Å². The van der Waals surface area contributed by atoms with Crippen molar-refractivity contribution in [2.45, 2.75) is 45.2 Å². The van der Waals surface area contributed by atoms with E-state index >= 15 is 0 Å². The third-order valence-electron chi connectivity index (χ3n) is 4.21. The van der Waals surface area contributed by atoms with Crippen molar-refractivity contribution >= 4 is 10.0 Å². The lowest BCUT2D eigenvalue weighted by Crippen LogP contribution is -2.26. The molecule has 1 aliphatic rings. The van der Waals surface area contributed by atoms with Gasteiger partial charge in [-0.2, -0.15) is 0 Å². The highest BCUT2D eigenvalue weighted by Gasteiger charge is 2.45. The van der Waals surface area contributed by atoms with Gasteiger partial charge in [0.2, 0.25) is 10.0 Å². The highest BCUT2D eigenvalue weighted by molar-refractivity contribution is 7.89. The second kappa shape index (κ2) is 5.50. The average Bonchev–Trinajstić information content (AvgIpc) is 2.80. The van der Waals surface area contributed by atoms with Crippen LogP contribution in [0.5, 0.6) is 0 Å². The van der Waals surface area contributed by atoms with Gasteiger partial charge in [0.05, 0.1) is 4.90 Å².